The summed E-state index contributed by atoms with van der Waals surface area (Å²) in [6, 6.07) is 32.3. The van der Waals surface area contributed by atoms with Crippen LogP contribution in [0.1, 0.15) is 48.2 Å². The second-order valence-electron chi connectivity index (χ2n) is 8.89. The first-order valence-electron chi connectivity index (χ1n) is 12.5. The molecule has 0 N–H and O–H groups in total. The van der Waals surface area contributed by atoms with Crippen molar-refractivity contribution in [2.75, 3.05) is 13.2 Å². The molecule has 0 unspecified atom stereocenters. The molecule has 1 aliphatic rings. The van der Waals surface area contributed by atoms with Crippen LogP contribution in [0, 0.1) is 0 Å². The Morgan fingerprint density at radius 1 is 0.750 bits per heavy atom. The molecule has 0 fully saturated rings. The molecule has 5 rings (SSSR count). The summed E-state index contributed by atoms with van der Waals surface area (Å²) in [6.07, 6.45) is -0.471. The van der Waals surface area contributed by atoms with E-state index >= 15 is 0 Å². The Hall–Kier alpha value is -3.22. The van der Waals surface area contributed by atoms with E-state index in [2.05, 4.69) is 31.2 Å². The second kappa shape index (κ2) is 12.2. The molecule has 1 aromatic heterocycles. The van der Waals surface area contributed by atoms with E-state index in [1.165, 1.54) is 0 Å². The molecular formula is C31H32O5. The zero-order chi connectivity index (χ0) is 24.6. The number of fused-ring (bicyclic) bond motifs is 1. The molecule has 0 radical (unpaired) electrons. The number of ether oxygens (including phenoxy) is 4. The molecule has 5 heteroatoms. The minimum Gasteiger partial charge on any atom is -0.458 e. The molecule has 0 saturated carbocycles. The lowest BCUT2D eigenvalue weighted by Crippen LogP contribution is -2.36. The summed E-state index contributed by atoms with van der Waals surface area (Å²) in [5, 5.41) is 0. The predicted molar refractivity (Wildman–Crippen MR) is 138 cm³/mol. The normalized spacial score (nSPS) is 19.2. The van der Waals surface area contributed by atoms with Crippen molar-refractivity contribution in [1.82, 2.24) is 0 Å². The molecule has 3 atom stereocenters. The minimum atomic E-state index is -0.539. The van der Waals surface area contributed by atoms with Crippen LogP contribution in [-0.2, 0) is 32.2 Å². The van der Waals surface area contributed by atoms with Gasteiger partial charge in [0, 0.05) is 12.2 Å². The smallest absolute Gasteiger partial charge is 0.187 e. The lowest BCUT2D eigenvalue weighted by atomic mass is 10.0. The van der Waals surface area contributed by atoms with Crippen LogP contribution in [0.25, 0.3) is 11.3 Å². The van der Waals surface area contributed by atoms with Crippen LogP contribution < -0.4 is 0 Å². The molecule has 0 amide bonds. The van der Waals surface area contributed by atoms with Gasteiger partial charge in [-0.05, 0) is 23.6 Å². The predicted octanol–water partition coefficient (Wildman–Crippen LogP) is 7.25. The fraction of sp³-hybridized carbons (Fsp3) is 0.290. The molecule has 2 heterocycles. The molecule has 4 aromatic rings. The van der Waals surface area contributed by atoms with Gasteiger partial charge in [-0.25, -0.2) is 0 Å². The van der Waals surface area contributed by atoms with E-state index in [1.807, 2.05) is 72.8 Å². The average Bonchev–Trinajstić information content (AvgIpc) is 3.39. The second-order valence-corrected chi connectivity index (χ2v) is 8.89. The van der Waals surface area contributed by atoms with E-state index in [-0.39, 0.29) is 6.10 Å². The number of hydrogen-bond donors (Lipinski definition) is 0. The summed E-state index contributed by atoms with van der Waals surface area (Å²) in [4.78, 5) is 0. The Morgan fingerprint density at radius 3 is 2.06 bits per heavy atom. The third-order valence-corrected chi connectivity index (χ3v) is 6.14. The summed E-state index contributed by atoms with van der Waals surface area (Å²) in [7, 11) is 0. The van der Waals surface area contributed by atoms with Crippen molar-refractivity contribution in [3.05, 3.63) is 120 Å². The number of hydrogen-bond acceptors (Lipinski definition) is 5. The number of benzene rings is 3. The highest BCUT2D eigenvalue weighted by atomic mass is 16.7. The van der Waals surface area contributed by atoms with Crippen LogP contribution in [0.4, 0.5) is 0 Å². The fourth-order valence-electron chi connectivity index (χ4n) is 4.33. The monoisotopic (exact) mass is 484 g/mol. The first kappa shape index (κ1) is 24.5. The van der Waals surface area contributed by atoms with Crippen molar-refractivity contribution in [3.63, 3.8) is 0 Å². The first-order valence-corrected chi connectivity index (χ1v) is 12.5. The van der Waals surface area contributed by atoms with Gasteiger partial charge in [0.15, 0.2) is 6.29 Å². The van der Waals surface area contributed by atoms with Crippen LogP contribution in [-0.4, -0.2) is 19.3 Å². The standard InChI is InChI=1S/C31H32O5/c1-2-18-33-31-26-19-27(25-16-10-5-11-17-25)35-29(26)30(34-21-24-14-8-4-9-15-24)28(36-31)22-32-20-23-12-6-3-7-13-23/h3-17,19,28,30-31H,2,18,20-22H2,1H3/t28-,30+,31+/m1/s1. The summed E-state index contributed by atoms with van der Waals surface area (Å²) in [6.45, 7) is 3.95. The average molecular weight is 485 g/mol. The van der Waals surface area contributed by atoms with Crippen molar-refractivity contribution in [2.45, 2.75) is 45.1 Å². The third-order valence-electron chi connectivity index (χ3n) is 6.14. The van der Waals surface area contributed by atoms with Gasteiger partial charge in [-0.2, -0.15) is 0 Å². The van der Waals surface area contributed by atoms with E-state index in [4.69, 9.17) is 23.4 Å². The molecule has 0 bridgehead atoms. The van der Waals surface area contributed by atoms with Gasteiger partial charge in [0.2, 0.25) is 0 Å². The minimum absolute atomic E-state index is 0.348. The first-order chi connectivity index (χ1) is 17.8. The highest BCUT2D eigenvalue weighted by Crippen LogP contribution is 2.43. The number of furan rings is 1. The molecule has 1 aliphatic heterocycles. The lowest BCUT2D eigenvalue weighted by molar-refractivity contribution is -0.235. The van der Waals surface area contributed by atoms with Crippen LogP contribution in [0.15, 0.2) is 101 Å². The van der Waals surface area contributed by atoms with Gasteiger partial charge in [0.05, 0.1) is 25.4 Å². The Balaban J connectivity index is 1.42. The Kier molecular flexibility index (Phi) is 8.26. The van der Waals surface area contributed by atoms with Gasteiger partial charge in [0.25, 0.3) is 0 Å². The Labute approximate surface area is 212 Å². The van der Waals surface area contributed by atoms with Crippen LogP contribution >= 0.6 is 0 Å². The molecule has 5 nitrogen and oxygen atoms in total. The summed E-state index contributed by atoms with van der Waals surface area (Å²) >= 11 is 0. The van der Waals surface area contributed by atoms with Gasteiger partial charge < -0.3 is 23.4 Å². The number of rotatable bonds is 11. The molecule has 0 spiro atoms. The quantitative estimate of drug-likeness (QED) is 0.224. The van der Waals surface area contributed by atoms with Crippen LogP contribution in [0.2, 0.25) is 0 Å². The van der Waals surface area contributed by atoms with E-state index in [1.54, 1.807) is 0 Å². The SMILES string of the molecule is CCCO[C@H]1O[C@H](COCc2ccccc2)[C@H](OCc2ccccc2)c2oc(-c3ccccc3)cc21. The zero-order valence-electron chi connectivity index (χ0n) is 20.5. The van der Waals surface area contributed by atoms with Gasteiger partial charge in [-0.3, -0.25) is 0 Å². The highest BCUT2D eigenvalue weighted by Gasteiger charge is 2.41. The Morgan fingerprint density at radius 2 is 1.39 bits per heavy atom. The molecular weight excluding hydrogens is 452 g/mol. The van der Waals surface area contributed by atoms with E-state index in [0.717, 1.165) is 40.2 Å². The van der Waals surface area contributed by atoms with Gasteiger partial charge in [0.1, 0.15) is 23.7 Å². The van der Waals surface area contributed by atoms with Crippen molar-refractivity contribution in [3.8, 4) is 11.3 Å². The maximum Gasteiger partial charge on any atom is 0.187 e. The molecule has 0 aliphatic carbocycles. The molecule has 36 heavy (non-hydrogen) atoms. The maximum atomic E-state index is 6.47. The van der Waals surface area contributed by atoms with Gasteiger partial charge >= 0.3 is 0 Å². The van der Waals surface area contributed by atoms with Crippen molar-refractivity contribution in [1.29, 1.82) is 0 Å². The van der Waals surface area contributed by atoms with E-state index < -0.39 is 12.4 Å². The van der Waals surface area contributed by atoms with Crippen molar-refractivity contribution in [2.24, 2.45) is 0 Å². The largest absolute Gasteiger partial charge is 0.458 e. The van der Waals surface area contributed by atoms with Crippen molar-refractivity contribution < 1.29 is 23.4 Å². The summed E-state index contributed by atoms with van der Waals surface area (Å²) in [5.74, 6) is 1.51. The zero-order valence-corrected chi connectivity index (χ0v) is 20.5. The topological polar surface area (TPSA) is 50.1 Å². The van der Waals surface area contributed by atoms with Gasteiger partial charge in [-0.15, -0.1) is 0 Å². The summed E-state index contributed by atoms with van der Waals surface area (Å²) < 4.78 is 31.6. The molecule has 3 aromatic carbocycles. The fourth-order valence-corrected chi connectivity index (χ4v) is 4.33. The third kappa shape index (κ3) is 5.94. The van der Waals surface area contributed by atoms with E-state index in [0.29, 0.717) is 26.4 Å². The lowest BCUT2D eigenvalue weighted by Gasteiger charge is -2.35. The van der Waals surface area contributed by atoms with Crippen molar-refractivity contribution >= 4 is 0 Å². The maximum absolute atomic E-state index is 6.47. The van der Waals surface area contributed by atoms with E-state index in [9.17, 15) is 0 Å². The van der Waals surface area contributed by atoms with Gasteiger partial charge in [-0.1, -0.05) is 97.9 Å². The Bertz CT molecular complexity index is 1190. The van der Waals surface area contributed by atoms with Crippen LogP contribution in [0.5, 0.6) is 0 Å². The highest BCUT2D eigenvalue weighted by molar-refractivity contribution is 5.59. The molecule has 186 valence electrons. The van der Waals surface area contributed by atoms with Crippen LogP contribution in [0.3, 0.4) is 0 Å². The molecule has 0 saturated heterocycles. The summed E-state index contributed by atoms with van der Waals surface area (Å²) in [5.41, 5.74) is 4.07.